The molecular weight excluding hydrogens is 285 g/mol. The van der Waals surface area contributed by atoms with Crippen molar-refractivity contribution in [2.75, 3.05) is 13.7 Å². The van der Waals surface area contributed by atoms with E-state index in [-0.39, 0.29) is 17.9 Å². The standard InChI is InChI=1S/C17H18FNO3/c1-22-16-8-7-13(10-15(16)18)17(21)19-11-14(20)9-12-5-3-2-4-6-12/h2-8,10,14,20H,9,11H2,1H3,(H,19,21)/t14-/m1/s1. The van der Waals surface area contributed by atoms with Crippen LogP contribution in [0.4, 0.5) is 4.39 Å². The maximum absolute atomic E-state index is 13.5. The fourth-order valence-corrected chi connectivity index (χ4v) is 2.08. The molecule has 22 heavy (non-hydrogen) atoms. The largest absolute Gasteiger partial charge is 0.494 e. The molecule has 2 N–H and O–H groups in total. The molecule has 2 rings (SSSR count). The van der Waals surface area contributed by atoms with Crippen LogP contribution >= 0.6 is 0 Å². The summed E-state index contributed by atoms with van der Waals surface area (Å²) in [5.41, 5.74) is 1.17. The maximum atomic E-state index is 13.5. The molecule has 0 fully saturated rings. The first kappa shape index (κ1) is 16.0. The van der Waals surface area contributed by atoms with Crippen LogP contribution in [0.25, 0.3) is 0 Å². The van der Waals surface area contributed by atoms with E-state index in [2.05, 4.69) is 5.32 Å². The average Bonchev–Trinajstić information content (AvgIpc) is 2.53. The topological polar surface area (TPSA) is 58.6 Å². The zero-order valence-corrected chi connectivity index (χ0v) is 12.3. The second-order valence-electron chi connectivity index (χ2n) is 4.90. The van der Waals surface area contributed by atoms with Crippen molar-refractivity contribution in [2.24, 2.45) is 0 Å². The van der Waals surface area contributed by atoms with E-state index in [0.29, 0.717) is 6.42 Å². The fourth-order valence-electron chi connectivity index (χ4n) is 2.08. The van der Waals surface area contributed by atoms with Crippen molar-refractivity contribution in [3.8, 4) is 5.75 Å². The molecule has 0 unspecified atom stereocenters. The molecule has 0 aliphatic carbocycles. The summed E-state index contributed by atoms with van der Waals surface area (Å²) in [7, 11) is 1.36. The predicted molar refractivity (Wildman–Crippen MR) is 81.4 cm³/mol. The van der Waals surface area contributed by atoms with Gasteiger partial charge in [0.15, 0.2) is 11.6 Å². The van der Waals surface area contributed by atoms with Gasteiger partial charge in [0.1, 0.15) is 0 Å². The predicted octanol–water partition coefficient (Wildman–Crippen LogP) is 2.17. The van der Waals surface area contributed by atoms with Crippen LogP contribution < -0.4 is 10.1 Å². The summed E-state index contributed by atoms with van der Waals surface area (Å²) in [6, 6.07) is 13.5. The monoisotopic (exact) mass is 303 g/mol. The van der Waals surface area contributed by atoms with Gasteiger partial charge in [0.05, 0.1) is 13.2 Å². The molecule has 0 heterocycles. The highest BCUT2D eigenvalue weighted by molar-refractivity contribution is 5.94. The van der Waals surface area contributed by atoms with Crippen LogP contribution in [0.5, 0.6) is 5.75 Å². The summed E-state index contributed by atoms with van der Waals surface area (Å²) in [5, 5.41) is 12.5. The summed E-state index contributed by atoms with van der Waals surface area (Å²) >= 11 is 0. The molecule has 0 aromatic heterocycles. The van der Waals surface area contributed by atoms with Gasteiger partial charge in [0.25, 0.3) is 5.91 Å². The Morgan fingerprint density at radius 3 is 2.64 bits per heavy atom. The smallest absolute Gasteiger partial charge is 0.251 e. The molecule has 116 valence electrons. The minimum absolute atomic E-state index is 0.0839. The van der Waals surface area contributed by atoms with Crippen LogP contribution in [0.2, 0.25) is 0 Å². The molecule has 5 heteroatoms. The molecule has 2 aromatic carbocycles. The van der Waals surface area contributed by atoms with Crippen LogP contribution in [0, 0.1) is 5.82 Å². The lowest BCUT2D eigenvalue weighted by molar-refractivity contribution is 0.0915. The number of hydrogen-bond acceptors (Lipinski definition) is 3. The number of aliphatic hydroxyl groups is 1. The van der Waals surface area contributed by atoms with Crippen molar-refractivity contribution in [3.63, 3.8) is 0 Å². The number of halogens is 1. The lowest BCUT2D eigenvalue weighted by atomic mass is 10.1. The van der Waals surface area contributed by atoms with Gasteiger partial charge in [-0.1, -0.05) is 30.3 Å². The molecule has 2 aromatic rings. The molecule has 4 nitrogen and oxygen atoms in total. The van der Waals surface area contributed by atoms with E-state index in [1.54, 1.807) is 0 Å². The Morgan fingerprint density at radius 2 is 2.00 bits per heavy atom. The first-order valence-electron chi connectivity index (χ1n) is 6.94. The summed E-state index contributed by atoms with van der Waals surface area (Å²) in [5.74, 6) is -0.950. The zero-order valence-electron chi connectivity index (χ0n) is 12.3. The van der Waals surface area contributed by atoms with Gasteiger partial charge in [-0.05, 0) is 23.8 Å². The number of benzene rings is 2. The van der Waals surface area contributed by atoms with Gasteiger partial charge in [0.2, 0.25) is 0 Å². The SMILES string of the molecule is COc1ccc(C(=O)NC[C@H](O)Cc2ccccc2)cc1F. The summed E-state index contributed by atoms with van der Waals surface area (Å²) in [4.78, 5) is 11.9. The van der Waals surface area contributed by atoms with E-state index in [4.69, 9.17) is 4.74 Å². The molecule has 1 atom stereocenters. The van der Waals surface area contributed by atoms with Gasteiger partial charge in [-0.2, -0.15) is 0 Å². The highest BCUT2D eigenvalue weighted by atomic mass is 19.1. The molecule has 0 saturated heterocycles. The van der Waals surface area contributed by atoms with Crippen molar-refractivity contribution in [3.05, 3.63) is 65.5 Å². The van der Waals surface area contributed by atoms with Gasteiger partial charge < -0.3 is 15.2 Å². The number of nitrogens with one attached hydrogen (secondary N) is 1. The van der Waals surface area contributed by atoms with Gasteiger partial charge >= 0.3 is 0 Å². The van der Waals surface area contributed by atoms with Gasteiger partial charge in [-0.25, -0.2) is 4.39 Å². The second-order valence-corrected chi connectivity index (χ2v) is 4.90. The van der Waals surface area contributed by atoms with Crippen LogP contribution in [-0.2, 0) is 6.42 Å². The van der Waals surface area contributed by atoms with Crippen LogP contribution in [0.3, 0.4) is 0 Å². The lowest BCUT2D eigenvalue weighted by Gasteiger charge is -2.12. The number of ether oxygens (including phenoxy) is 1. The van der Waals surface area contributed by atoms with Gasteiger partial charge in [-0.3, -0.25) is 4.79 Å². The zero-order chi connectivity index (χ0) is 15.9. The summed E-state index contributed by atoms with van der Waals surface area (Å²) in [6.45, 7) is 0.0986. The number of rotatable bonds is 6. The number of carbonyl (C=O) groups excluding carboxylic acids is 1. The molecule has 0 saturated carbocycles. The van der Waals surface area contributed by atoms with Crippen molar-refractivity contribution in [1.29, 1.82) is 0 Å². The van der Waals surface area contributed by atoms with Crippen LogP contribution in [-0.4, -0.2) is 30.8 Å². The van der Waals surface area contributed by atoms with E-state index < -0.39 is 17.8 Å². The van der Waals surface area contributed by atoms with Crippen molar-refractivity contribution in [1.82, 2.24) is 5.32 Å². The molecule has 0 aliphatic heterocycles. The highest BCUT2D eigenvalue weighted by Crippen LogP contribution is 2.17. The molecule has 0 aliphatic rings. The Kier molecular flexibility index (Phi) is 5.49. The van der Waals surface area contributed by atoms with Crippen molar-refractivity contribution in [2.45, 2.75) is 12.5 Å². The Hall–Kier alpha value is -2.40. The van der Waals surface area contributed by atoms with E-state index >= 15 is 0 Å². The van der Waals surface area contributed by atoms with E-state index in [0.717, 1.165) is 11.6 Å². The quantitative estimate of drug-likeness (QED) is 0.860. The summed E-state index contributed by atoms with van der Waals surface area (Å²) in [6.07, 6.45) is -0.257. The minimum atomic E-state index is -0.700. The minimum Gasteiger partial charge on any atom is -0.494 e. The average molecular weight is 303 g/mol. The van der Waals surface area contributed by atoms with E-state index in [1.165, 1.54) is 19.2 Å². The van der Waals surface area contributed by atoms with Gasteiger partial charge in [0, 0.05) is 18.5 Å². The third-order valence-electron chi connectivity index (χ3n) is 3.23. The molecular formula is C17H18FNO3. The van der Waals surface area contributed by atoms with Gasteiger partial charge in [-0.15, -0.1) is 0 Å². The van der Waals surface area contributed by atoms with E-state index in [1.807, 2.05) is 30.3 Å². The third kappa shape index (κ3) is 4.30. The second kappa shape index (κ2) is 7.56. The molecule has 0 spiro atoms. The van der Waals surface area contributed by atoms with Crippen molar-refractivity contribution < 1.29 is 19.0 Å². The maximum Gasteiger partial charge on any atom is 0.251 e. The number of amides is 1. The Labute approximate surface area is 128 Å². The molecule has 1 amide bonds. The molecule has 0 radical (unpaired) electrons. The highest BCUT2D eigenvalue weighted by Gasteiger charge is 2.12. The lowest BCUT2D eigenvalue weighted by Crippen LogP contribution is -2.33. The first-order chi connectivity index (χ1) is 10.6. The van der Waals surface area contributed by atoms with Crippen molar-refractivity contribution >= 4 is 5.91 Å². The number of methoxy groups -OCH3 is 1. The van der Waals surface area contributed by atoms with Crippen LogP contribution in [0.15, 0.2) is 48.5 Å². The molecule has 0 bridgehead atoms. The Morgan fingerprint density at radius 1 is 1.27 bits per heavy atom. The number of carbonyl (C=O) groups is 1. The normalized spacial score (nSPS) is 11.8. The number of hydrogen-bond donors (Lipinski definition) is 2. The number of aliphatic hydroxyl groups excluding tert-OH is 1. The van der Waals surface area contributed by atoms with Crippen LogP contribution in [0.1, 0.15) is 15.9 Å². The summed E-state index contributed by atoms with van der Waals surface area (Å²) < 4.78 is 18.3. The Bertz CT molecular complexity index is 631. The first-order valence-corrected chi connectivity index (χ1v) is 6.94. The third-order valence-corrected chi connectivity index (χ3v) is 3.23. The fraction of sp³-hybridized carbons (Fsp3) is 0.235. The van der Waals surface area contributed by atoms with E-state index in [9.17, 15) is 14.3 Å². The Balaban J connectivity index is 1.88.